The van der Waals surface area contributed by atoms with Crippen molar-refractivity contribution >= 4 is 11.8 Å². The van der Waals surface area contributed by atoms with Gasteiger partial charge in [0, 0.05) is 12.5 Å². The standard InChI is InChI=1S/C12H12O5/c1-7(13)12(17-8(2)14)9-3-4-10-11(5-9)16-6-15-10/h3-5,12H,6H2,1-2H3. The molecule has 5 nitrogen and oxygen atoms in total. The highest BCUT2D eigenvalue weighted by Gasteiger charge is 2.23. The molecule has 90 valence electrons. The molecule has 1 aliphatic heterocycles. The van der Waals surface area contributed by atoms with Crippen molar-refractivity contribution in [3.8, 4) is 11.5 Å². The summed E-state index contributed by atoms with van der Waals surface area (Å²) < 4.78 is 15.3. The zero-order valence-corrected chi connectivity index (χ0v) is 9.56. The minimum atomic E-state index is -0.887. The van der Waals surface area contributed by atoms with Gasteiger partial charge >= 0.3 is 5.97 Å². The Morgan fingerprint density at radius 2 is 1.94 bits per heavy atom. The minimum absolute atomic E-state index is 0.164. The molecule has 0 saturated heterocycles. The minimum Gasteiger partial charge on any atom is -0.454 e. The summed E-state index contributed by atoms with van der Waals surface area (Å²) in [5.74, 6) is 0.446. The summed E-state index contributed by atoms with van der Waals surface area (Å²) in [7, 11) is 0. The van der Waals surface area contributed by atoms with Crippen LogP contribution in [0, 0.1) is 0 Å². The van der Waals surface area contributed by atoms with E-state index in [0.29, 0.717) is 17.1 Å². The molecule has 1 unspecified atom stereocenters. The van der Waals surface area contributed by atoms with Crippen molar-refractivity contribution in [2.75, 3.05) is 6.79 Å². The lowest BCUT2D eigenvalue weighted by Crippen LogP contribution is -2.15. The molecule has 0 aromatic heterocycles. The van der Waals surface area contributed by atoms with Crippen molar-refractivity contribution < 1.29 is 23.8 Å². The maximum absolute atomic E-state index is 11.4. The van der Waals surface area contributed by atoms with Crippen molar-refractivity contribution in [1.82, 2.24) is 0 Å². The van der Waals surface area contributed by atoms with E-state index < -0.39 is 12.1 Å². The predicted octanol–water partition coefficient (Wildman–Crippen LogP) is 1.61. The molecule has 0 bridgehead atoms. The van der Waals surface area contributed by atoms with Gasteiger partial charge in [0.15, 0.2) is 23.4 Å². The molecule has 5 heteroatoms. The summed E-state index contributed by atoms with van der Waals surface area (Å²) in [5, 5.41) is 0. The van der Waals surface area contributed by atoms with E-state index in [0.717, 1.165) is 0 Å². The monoisotopic (exact) mass is 236 g/mol. The average molecular weight is 236 g/mol. The zero-order chi connectivity index (χ0) is 12.4. The fraction of sp³-hybridized carbons (Fsp3) is 0.333. The van der Waals surface area contributed by atoms with Crippen molar-refractivity contribution in [3.63, 3.8) is 0 Å². The SMILES string of the molecule is CC(=O)OC(C(C)=O)c1ccc2c(c1)OCO2. The third-order valence-electron chi connectivity index (χ3n) is 2.35. The molecule has 1 atom stereocenters. The van der Waals surface area contributed by atoms with E-state index in [1.807, 2.05) is 0 Å². The molecule has 17 heavy (non-hydrogen) atoms. The molecule has 0 saturated carbocycles. The van der Waals surface area contributed by atoms with Crippen LogP contribution in [0.3, 0.4) is 0 Å². The number of carbonyl (C=O) groups is 2. The number of ketones is 1. The van der Waals surface area contributed by atoms with Crippen molar-refractivity contribution in [2.24, 2.45) is 0 Å². The highest BCUT2D eigenvalue weighted by molar-refractivity contribution is 5.84. The van der Waals surface area contributed by atoms with E-state index in [-0.39, 0.29) is 12.6 Å². The van der Waals surface area contributed by atoms with Crippen molar-refractivity contribution in [3.05, 3.63) is 23.8 Å². The third kappa shape index (κ3) is 2.38. The lowest BCUT2D eigenvalue weighted by Gasteiger charge is -2.14. The second-order valence-corrected chi connectivity index (χ2v) is 3.71. The number of benzene rings is 1. The predicted molar refractivity (Wildman–Crippen MR) is 57.8 cm³/mol. The smallest absolute Gasteiger partial charge is 0.303 e. The van der Waals surface area contributed by atoms with E-state index in [1.165, 1.54) is 13.8 Å². The molecule has 0 fully saturated rings. The quantitative estimate of drug-likeness (QED) is 0.746. The Morgan fingerprint density at radius 1 is 1.24 bits per heavy atom. The lowest BCUT2D eigenvalue weighted by atomic mass is 10.1. The van der Waals surface area contributed by atoms with E-state index in [4.69, 9.17) is 14.2 Å². The molecule has 2 rings (SSSR count). The molecule has 0 radical (unpaired) electrons. The maximum atomic E-state index is 11.4. The second kappa shape index (κ2) is 4.45. The third-order valence-corrected chi connectivity index (χ3v) is 2.35. The number of rotatable bonds is 3. The van der Waals surface area contributed by atoms with Crippen LogP contribution in [0.2, 0.25) is 0 Å². The highest BCUT2D eigenvalue weighted by Crippen LogP contribution is 2.35. The first-order valence-corrected chi connectivity index (χ1v) is 5.15. The zero-order valence-electron chi connectivity index (χ0n) is 9.56. The highest BCUT2D eigenvalue weighted by atomic mass is 16.7. The Bertz CT molecular complexity index is 466. The molecule has 1 aliphatic rings. The molecule has 1 aromatic carbocycles. The van der Waals surface area contributed by atoms with Crippen LogP contribution in [0.15, 0.2) is 18.2 Å². The van der Waals surface area contributed by atoms with Crippen LogP contribution >= 0.6 is 0 Å². The van der Waals surface area contributed by atoms with Crippen LogP contribution in [0.4, 0.5) is 0 Å². The van der Waals surface area contributed by atoms with Gasteiger partial charge in [-0.25, -0.2) is 0 Å². The van der Waals surface area contributed by atoms with Gasteiger partial charge in [-0.2, -0.15) is 0 Å². The van der Waals surface area contributed by atoms with Gasteiger partial charge in [-0.1, -0.05) is 6.07 Å². The number of carbonyl (C=O) groups excluding carboxylic acids is 2. The molecule has 0 aliphatic carbocycles. The Balaban J connectivity index is 2.30. The van der Waals surface area contributed by atoms with Gasteiger partial charge < -0.3 is 14.2 Å². The van der Waals surface area contributed by atoms with Crippen LogP contribution in [-0.2, 0) is 14.3 Å². The first kappa shape index (κ1) is 11.4. The van der Waals surface area contributed by atoms with E-state index in [9.17, 15) is 9.59 Å². The lowest BCUT2D eigenvalue weighted by molar-refractivity contribution is -0.152. The molecule has 0 spiro atoms. The van der Waals surface area contributed by atoms with Gasteiger partial charge in [-0.05, 0) is 19.1 Å². The number of fused-ring (bicyclic) bond motifs is 1. The average Bonchev–Trinajstić information content (AvgIpc) is 2.72. The van der Waals surface area contributed by atoms with E-state index in [1.54, 1.807) is 18.2 Å². The normalized spacial score (nSPS) is 14.2. The summed E-state index contributed by atoms with van der Waals surface area (Å²) in [6.07, 6.45) is -0.887. The van der Waals surface area contributed by atoms with Gasteiger partial charge in [0.2, 0.25) is 6.79 Å². The van der Waals surface area contributed by atoms with Crippen molar-refractivity contribution in [2.45, 2.75) is 20.0 Å². The summed E-state index contributed by atoms with van der Waals surface area (Å²) in [6.45, 7) is 2.80. The Labute approximate surface area is 98.3 Å². The topological polar surface area (TPSA) is 61.8 Å². The molecule has 1 heterocycles. The number of esters is 1. The molecular formula is C12H12O5. The van der Waals surface area contributed by atoms with E-state index in [2.05, 4.69) is 0 Å². The molecule has 0 amide bonds. The maximum Gasteiger partial charge on any atom is 0.303 e. The van der Waals surface area contributed by atoms with Crippen LogP contribution in [-0.4, -0.2) is 18.5 Å². The van der Waals surface area contributed by atoms with Crippen LogP contribution in [0.25, 0.3) is 0 Å². The first-order chi connectivity index (χ1) is 8.08. The molecule has 1 aromatic rings. The van der Waals surface area contributed by atoms with Crippen LogP contribution < -0.4 is 9.47 Å². The summed E-state index contributed by atoms with van der Waals surface area (Å²) in [5.41, 5.74) is 0.581. The fourth-order valence-corrected chi connectivity index (χ4v) is 1.63. The van der Waals surface area contributed by atoms with Crippen molar-refractivity contribution in [1.29, 1.82) is 0 Å². The summed E-state index contributed by atoms with van der Waals surface area (Å²) >= 11 is 0. The Kier molecular flexibility index (Phi) is 2.99. The molecule has 0 N–H and O–H groups in total. The Morgan fingerprint density at radius 3 is 2.59 bits per heavy atom. The van der Waals surface area contributed by atoms with Crippen LogP contribution in [0.1, 0.15) is 25.5 Å². The van der Waals surface area contributed by atoms with Gasteiger partial charge in [-0.15, -0.1) is 0 Å². The van der Waals surface area contributed by atoms with E-state index >= 15 is 0 Å². The second-order valence-electron chi connectivity index (χ2n) is 3.71. The fourth-order valence-electron chi connectivity index (χ4n) is 1.63. The van der Waals surface area contributed by atoms with Gasteiger partial charge in [0.25, 0.3) is 0 Å². The van der Waals surface area contributed by atoms with Gasteiger partial charge in [0.05, 0.1) is 0 Å². The first-order valence-electron chi connectivity index (χ1n) is 5.15. The molecular weight excluding hydrogens is 224 g/mol. The summed E-state index contributed by atoms with van der Waals surface area (Å²) in [6, 6.07) is 5.02. The number of hydrogen-bond donors (Lipinski definition) is 0. The summed E-state index contributed by atoms with van der Waals surface area (Å²) in [4.78, 5) is 22.4. The van der Waals surface area contributed by atoms with Crippen LogP contribution in [0.5, 0.6) is 11.5 Å². The van der Waals surface area contributed by atoms with Gasteiger partial charge in [-0.3, -0.25) is 9.59 Å². The Hall–Kier alpha value is -2.04. The number of hydrogen-bond acceptors (Lipinski definition) is 5. The number of ether oxygens (including phenoxy) is 3. The number of Topliss-reactive ketones (excluding diaryl/α,β-unsaturated/α-hetero) is 1. The van der Waals surface area contributed by atoms with Gasteiger partial charge in [0.1, 0.15) is 0 Å². The largest absolute Gasteiger partial charge is 0.454 e.